The first-order valence-electron chi connectivity index (χ1n) is 13.5. The van der Waals surface area contributed by atoms with Gasteiger partial charge in [-0.05, 0) is 68.5 Å². The molecule has 2 rings (SSSR count). The first-order chi connectivity index (χ1) is 17.9. The highest BCUT2D eigenvalue weighted by atomic mass is 19.1. The molecule has 0 aliphatic rings. The standard InChI is InChI=1S/C29H40FN5.C2H6/c1-22(2)27(19-31)24(4)35-29(18-23(3)34-21-26-14-8-9-15-28(26)30)33-17-10-6-5-7-12-25-13-11-16-32-20-25;1-2/h8-9,11,13-16,18-20,22,34H,5-7,10,12,17,21,31H2,1-4H3;1-2H3/b23-18+,27-19-,33-29?,35-24?;. The van der Waals surface area contributed by atoms with Crippen molar-refractivity contribution in [1.82, 2.24) is 10.3 Å². The Labute approximate surface area is 223 Å². The maximum Gasteiger partial charge on any atom is 0.149 e. The Kier molecular flexibility index (Phi) is 16.2. The minimum absolute atomic E-state index is 0.214. The van der Waals surface area contributed by atoms with E-state index in [0.717, 1.165) is 49.1 Å². The fraction of sp³-hybridized carbons (Fsp3) is 0.452. The molecule has 1 aromatic heterocycles. The fourth-order valence-electron chi connectivity index (χ4n) is 3.74. The number of pyridine rings is 1. The van der Waals surface area contributed by atoms with Gasteiger partial charge in [-0.25, -0.2) is 9.38 Å². The minimum Gasteiger partial charge on any atom is -0.404 e. The molecule has 5 nitrogen and oxygen atoms in total. The van der Waals surface area contributed by atoms with Gasteiger partial charge in [-0.2, -0.15) is 0 Å². The minimum atomic E-state index is -0.214. The molecule has 0 aliphatic heterocycles. The van der Waals surface area contributed by atoms with Gasteiger partial charge < -0.3 is 11.1 Å². The van der Waals surface area contributed by atoms with E-state index in [0.29, 0.717) is 24.5 Å². The van der Waals surface area contributed by atoms with Gasteiger partial charge in [0.1, 0.15) is 11.7 Å². The summed E-state index contributed by atoms with van der Waals surface area (Å²) in [5, 5.41) is 3.27. The molecule has 0 radical (unpaired) electrons. The number of hydrogen-bond acceptors (Lipinski definition) is 4. The summed E-state index contributed by atoms with van der Waals surface area (Å²) in [5.41, 5.74) is 10.5. The predicted octanol–water partition coefficient (Wildman–Crippen LogP) is 7.40. The SMILES string of the molecule is CC.CC(=NC(/C=C(\C)NCc1ccccc1F)=NCCCCCCc1cccnc1)/C(=C\N)C(C)C. The van der Waals surface area contributed by atoms with Crippen LogP contribution in [0.5, 0.6) is 0 Å². The van der Waals surface area contributed by atoms with Crippen molar-refractivity contribution in [3.05, 3.63) is 89.3 Å². The zero-order valence-electron chi connectivity index (χ0n) is 23.6. The van der Waals surface area contributed by atoms with Crippen molar-refractivity contribution in [1.29, 1.82) is 0 Å². The summed E-state index contributed by atoms with van der Waals surface area (Å²) >= 11 is 0. The molecule has 2 aromatic rings. The first-order valence-corrected chi connectivity index (χ1v) is 13.5. The molecule has 3 N–H and O–H groups in total. The normalized spacial score (nSPS) is 12.9. The lowest BCUT2D eigenvalue weighted by Crippen LogP contribution is -2.14. The van der Waals surface area contributed by atoms with Gasteiger partial charge in [0, 0.05) is 48.5 Å². The van der Waals surface area contributed by atoms with Crippen LogP contribution >= 0.6 is 0 Å². The lowest BCUT2D eigenvalue weighted by molar-refractivity contribution is 0.601. The first kappa shape index (κ1) is 31.7. The number of unbranched alkanes of at least 4 members (excludes halogenated alkanes) is 3. The van der Waals surface area contributed by atoms with Gasteiger partial charge in [0.05, 0.1) is 0 Å². The molecule has 0 amide bonds. The highest BCUT2D eigenvalue weighted by Gasteiger charge is 2.08. The molecular formula is C31H46FN5. The number of aromatic nitrogens is 1. The van der Waals surface area contributed by atoms with Crippen LogP contribution in [0.2, 0.25) is 0 Å². The second-order valence-electron chi connectivity index (χ2n) is 9.01. The van der Waals surface area contributed by atoms with E-state index in [1.54, 1.807) is 18.3 Å². The van der Waals surface area contributed by atoms with E-state index in [9.17, 15) is 4.39 Å². The summed E-state index contributed by atoms with van der Waals surface area (Å²) in [7, 11) is 0. The summed E-state index contributed by atoms with van der Waals surface area (Å²) in [5.74, 6) is 0.708. The summed E-state index contributed by atoms with van der Waals surface area (Å²) in [6.07, 6.45) is 12.8. The van der Waals surface area contributed by atoms with E-state index in [4.69, 9.17) is 15.7 Å². The van der Waals surface area contributed by atoms with Gasteiger partial charge in [0.2, 0.25) is 0 Å². The molecule has 1 aromatic carbocycles. The molecule has 0 aliphatic carbocycles. The number of nitrogens with one attached hydrogen (secondary N) is 1. The van der Waals surface area contributed by atoms with Gasteiger partial charge in [-0.15, -0.1) is 0 Å². The molecule has 37 heavy (non-hydrogen) atoms. The van der Waals surface area contributed by atoms with Crippen molar-refractivity contribution in [3.8, 4) is 0 Å². The quantitative estimate of drug-likeness (QED) is 0.168. The Bertz CT molecular complexity index is 1020. The van der Waals surface area contributed by atoms with Crippen LogP contribution in [0.25, 0.3) is 0 Å². The van der Waals surface area contributed by atoms with Crippen molar-refractivity contribution < 1.29 is 4.39 Å². The largest absolute Gasteiger partial charge is 0.404 e. The maximum absolute atomic E-state index is 13.9. The molecule has 0 bridgehead atoms. The van der Waals surface area contributed by atoms with Gasteiger partial charge in [0.15, 0.2) is 0 Å². The zero-order valence-corrected chi connectivity index (χ0v) is 23.6. The number of aryl methyl sites for hydroxylation is 1. The van der Waals surface area contributed by atoms with Crippen molar-refractivity contribution in [2.24, 2.45) is 21.6 Å². The second kappa shape index (κ2) is 18.9. The van der Waals surface area contributed by atoms with Crippen molar-refractivity contribution in [2.45, 2.75) is 80.2 Å². The van der Waals surface area contributed by atoms with E-state index < -0.39 is 0 Å². The van der Waals surface area contributed by atoms with Crippen LogP contribution in [0, 0.1) is 11.7 Å². The number of amidine groups is 1. The van der Waals surface area contributed by atoms with E-state index in [2.05, 4.69) is 30.2 Å². The maximum atomic E-state index is 13.9. The summed E-state index contributed by atoms with van der Waals surface area (Å²) in [6, 6.07) is 10.9. The molecule has 202 valence electrons. The topological polar surface area (TPSA) is 75.7 Å². The van der Waals surface area contributed by atoms with Crippen LogP contribution in [-0.2, 0) is 13.0 Å². The lowest BCUT2D eigenvalue weighted by atomic mass is 10.0. The number of hydrogen-bond donors (Lipinski definition) is 2. The van der Waals surface area contributed by atoms with Gasteiger partial charge in [-0.3, -0.25) is 9.98 Å². The highest BCUT2D eigenvalue weighted by molar-refractivity contribution is 6.09. The smallest absolute Gasteiger partial charge is 0.149 e. The molecule has 0 spiro atoms. The number of allylic oxidation sites excluding steroid dienone is 2. The fourth-order valence-corrected chi connectivity index (χ4v) is 3.74. The number of nitrogens with zero attached hydrogens (tertiary/aromatic N) is 3. The third-order valence-corrected chi connectivity index (χ3v) is 5.73. The average Bonchev–Trinajstić information content (AvgIpc) is 2.89. The number of aliphatic imine (C=N–C) groups is 2. The van der Waals surface area contributed by atoms with Crippen LogP contribution < -0.4 is 11.1 Å². The summed E-state index contributed by atoms with van der Waals surface area (Å²) in [4.78, 5) is 13.7. The van der Waals surface area contributed by atoms with Crippen LogP contribution in [0.15, 0.2) is 82.3 Å². The third-order valence-electron chi connectivity index (χ3n) is 5.73. The molecule has 6 heteroatoms. The number of nitrogens with two attached hydrogens (primary N) is 1. The van der Waals surface area contributed by atoms with E-state index in [-0.39, 0.29) is 11.7 Å². The molecular weight excluding hydrogens is 461 g/mol. The molecule has 0 saturated heterocycles. The van der Waals surface area contributed by atoms with Crippen molar-refractivity contribution in [3.63, 3.8) is 0 Å². The van der Waals surface area contributed by atoms with E-state index in [1.807, 2.05) is 58.3 Å². The van der Waals surface area contributed by atoms with Crippen LogP contribution in [0.3, 0.4) is 0 Å². The Morgan fingerprint density at radius 1 is 1.05 bits per heavy atom. The molecule has 0 atom stereocenters. The predicted molar refractivity (Wildman–Crippen MR) is 157 cm³/mol. The van der Waals surface area contributed by atoms with Gasteiger partial charge in [-0.1, -0.05) is 64.8 Å². The van der Waals surface area contributed by atoms with E-state index in [1.165, 1.54) is 11.6 Å². The second-order valence-corrected chi connectivity index (χ2v) is 9.01. The summed E-state index contributed by atoms with van der Waals surface area (Å²) < 4.78 is 13.9. The van der Waals surface area contributed by atoms with Crippen LogP contribution in [0.1, 0.15) is 78.4 Å². The Morgan fingerprint density at radius 2 is 1.78 bits per heavy atom. The van der Waals surface area contributed by atoms with Crippen molar-refractivity contribution >= 4 is 11.5 Å². The molecule has 0 saturated carbocycles. The van der Waals surface area contributed by atoms with E-state index >= 15 is 0 Å². The number of benzene rings is 1. The zero-order chi connectivity index (χ0) is 27.5. The third kappa shape index (κ3) is 13.0. The lowest BCUT2D eigenvalue weighted by Gasteiger charge is -2.11. The van der Waals surface area contributed by atoms with Crippen molar-refractivity contribution in [2.75, 3.05) is 6.54 Å². The van der Waals surface area contributed by atoms with Gasteiger partial charge >= 0.3 is 0 Å². The Hall–Kier alpha value is -3.28. The molecule has 1 heterocycles. The average molecular weight is 508 g/mol. The van der Waals surface area contributed by atoms with Crippen LogP contribution in [-0.4, -0.2) is 23.1 Å². The summed E-state index contributed by atoms with van der Waals surface area (Å²) in [6.45, 7) is 13.2. The molecule has 0 unspecified atom stereocenters. The number of rotatable bonds is 13. The molecule has 0 fully saturated rings. The Balaban J connectivity index is 0.00000334. The highest BCUT2D eigenvalue weighted by Crippen LogP contribution is 2.12. The number of halogens is 1. The van der Waals surface area contributed by atoms with Gasteiger partial charge in [0.25, 0.3) is 0 Å². The van der Waals surface area contributed by atoms with Crippen LogP contribution in [0.4, 0.5) is 4.39 Å². The monoisotopic (exact) mass is 507 g/mol. The Morgan fingerprint density at radius 3 is 2.43 bits per heavy atom.